The van der Waals surface area contributed by atoms with Crippen molar-refractivity contribution < 1.29 is 9.53 Å². The number of carbonyl (C=O) groups excluding carboxylic acids is 1. The lowest BCUT2D eigenvalue weighted by atomic mass is 10.1. The van der Waals surface area contributed by atoms with Gasteiger partial charge in [-0.1, -0.05) is 23.9 Å². The third-order valence-electron chi connectivity index (χ3n) is 3.15. The number of ether oxygens (including phenoxy) is 1. The van der Waals surface area contributed by atoms with Crippen LogP contribution < -0.4 is 0 Å². The van der Waals surface area contributed by atoms with Crippen molar-refractivity contribution in [3.8, 4) is 5.69 Å². The SMILES string of the molecule is CCOC(=O)C(C)Sc1nnnn1-c1cccc(C)c1C. The molecule has 2 aromatic rings. The fraction of sp³-hybridized carbons (Fsp3) is 0.429. The molecule has 0 aliphatic carbocycles. The van der Waals surface area contributed by atoms with Crippen molar-refractivity contribution in [2.75, 3.05) is 6.61 Å². The maximum atomic E-state index is 11.7. The molecule has 1 unspecified atom stereocenters. The Kier molecular flexibility index (Phi) is 4.95. The number of hydrogen-bond donors (Lipinski definition) is 0. The van der Waals surface area contributed by atoms with Gasteiger partial charge in [0.05, 0.1) is 12.3 Å². The number of rotatable bonds is 5. The Morgan fingerprint density at radius 2 is 2.19 bits per heavy atom. The van der Waals surface area contributed by atoms with Gasteiger partial charge in [0.2, 0.25) is 5.16 Å². The summed E-state index contributed by atoms with van der Waals surface area (Å²) in [6.07, 6.45) is 0. The summed E-state index contributed by atoms with van der Waals surface area (Å²) in [7, 11) is 0. The van der Waals surface area contributed by atoms with E-state index in [0.29, 0.717) is 11.8 Å². The molecule has 112 valence electrons. The highest BCUT2D eigenvalue weighted by Crippen LogP contribution is 2.25. The summed E-state index contributed by atoms with van der Waals surface area (Å²) >= 11 is 1.29. The lowest BCUT2D eigenvalue weighted by Crippen LogP contribution is -2.17. The van der Waals surface area contributed by atoms with E-state index in [-0.39, 0.29) is 11.2 Å². The van der Waals surface area contributed by atoms with Crippen molar-refractivity contribution in [3.05, 3.63) is 29.3 Å². The Morgan fingerprint density at radius 1 is 1.43 bits per heavy atom. The van der Waals surface area contributed by atoms with Crippen molar-refractivity contribution in [2.45, 2.75) is 38.1 Å². The van der Waals surface area contributed by atoms with Crippen LogP contribution in [0.15, 0.2) is 23.4 Å². The molecule has 0 amide bonds. The second kappa shape index (κ2) is 6.71. The predicted molar refractivity (Wildman–Crippen MR) is 80.6 cm³/mol. The van der Waals surface area contributed by atoms with Crippen LogP contribution in [0, 0.1) is 13.8 Å². The molecule has 1 aromatic carbocycles. The van der Waals surface area contributed by atoms with Gasteiger partial charge in [-0.3, -0.25) is 4.79 Å². The molecule has 0 saturated carbocycles. The second-order valence-electron chi connectivity index (χ2n) is 4.60. The average Bonchev–Trinajstić information content (AvgIpc) is 2.90. The van der Waals surface area contributed by atoms with Crippen LogP contribution in [0.5, 0.6) is 0 Å². The van der Waals surface area contributed by atoms with E-state index in [1.54, 1.807) is 18.5 Å². The standard InChI is InChI=1S/C14H18N4O2S/c1-5-20-13(19)11(4)21-14-15-16-17-18(14)12-8-6-7-9(2)10(12)3/h6-8,11H,5H2,1-4H3. The highest BCUT2D eigenvalue weighted by molar-refractivity contribution is 8.00. The minimum Gasteiger partial charge on any atom is -0.465 e. The molecule has 1 aromatic heterocycles. The van der Waals surface area contributed by atoms with Gasteiger partial charge in [-0.2, -0.15) is 4.68 Å². The molecule has 0 radical (unpaired) electrons. The summed E-state index contributed by atoms with van der Waals surface area (Å²) in [6.45, 7) is 8.00. The molecule has 6 nitrogen and oxygen atoms in total. The summed E-state index contributed by atoms with van der Waals surface area (Å²) in [5.74, 6) is -0.266. The van der Waals surface area contributed by atoms with Crippen LogP contribution in [0.4, 0.5) is 0 Å². The van der Waals surface area contributed by atoms with Crippen LogP contribution >= 0.6 is 11.8 Å². The summed E-state index contributed by atoms with van der Waals surface area (Å²) < 4.78 is 6.66. The number of esters is 1. The summed E-state index contributed by atoms with van der Waals surface area (Å²) in [4.78, 5) is 11.7. The van der Waals surface area contributed by atoms with Gasteiger partial charge >= 0.3 is 5.97 Å². The molecular formula is C14H18N4O2S. The number of thioether (sulfide) groups is 1. The minimum absolute atomic E-state index is 0.266. The number of benzene rings is 1. The van der Waals surface area contributed by atoms with E-state index in [9.17, 15) is 4.79 Å². The lowest BCUT2D eigenvalue weighted by molar-refractivity contribution is -0.142. The van der Waals surface area contributed by atoms with Gasteiger partial charge in [0.15, 0.2) is 0 Å². The Bertz CT molecular complexity index is 642. The quantitative estimate of drug-likeness (QED) is 0.624. The fourth-order valence-electron chi connectivity index (χ4n) is 1.83. The average molecular weight is 306 g/mol. The van der Waals surface area contributed by atoms with Crippen molar-refractivity contribution in [1.29, 1.82) is 0 Å². The zero-order valence-corrected chi connectivity index (χ0v) is 13.3. The maximum absolute atomic E-state index is 11.7. The van der Waals surface area contributed by atoms with Gasteiger partial charge in [0.25, 0.3) is 0 Å². The van der Waals surface area contributed by atoms with Gasteiger partial charge in [0.1, 0.15) is 5.25 Å². The monoisotopic (exact) mass is 306 g/mol. The normalized spacial score (nSPS) is 12.2. The van der Waals surface area contributed by atoms with E-state index < -0.39 is 0 Å². The van der Waals surface area contributed by atoms with Crippen LogP contribution in [-0.2, 0) is 9.53 Å². The third-order valence-corrected chi connectivity index (χ3v) is 4.16. The Morgan fingerprint density at radius 3 is 2.90 bits per heavy atom. The van der Waals surface area contributed by atoms with Gasteiger partial charge in [-0.25, -0.2) is 0 Å². The molecule has 0 saturated heterocycles. The largest absolute Gasteiger partial charge is 0.465 e. The molecule has 0 N–H and O–H groups in total. The second-order valence-corrected chi connectivity index (χ2v) is 5.91. The number of tetrazole rings is 1. The Balaban J connectivity index is 2.27. The maximum Gasteiger partial charge on any atom is 0.319 e. The van der Waals surface area contributed by atoms with Crippen LogP contribution in [0.3, 0.4) is 0 Å². The molecule has 0 spiro atoms. The van der Waals surface area contributed by atoms with Crippen LogP contribution in [-0.4, -0.2) is 38.0 Å². The van der Waals surface area contributed by atoms with Gasteiger partial charge in [0, 0.05) is 0 Å². The zero-order chi connectivity index (χ0) is 15.4. The molecule has 0 bridgehead atoms. The van der Waals surface area contributed by atoms with Gasteiger partial charge in [-0.05, 0) is 55.3 Å². The molecule has 7 heteroatoms. The van der Waals surface area contributed by atoms with E-state index in [4.69, 9.17) is 4.74 Å². The lowest BCUT2D eigenvalue weighted by Gasteiger charge is -2.12. The zero-order valence-electron chi connectivity index (χ0n) is 12.5. The number of aromatic nitrogens is 4. The van der Waals surface area contributed by atoms with Crippen molar-refractivity contribution in [2.24, 2.45) is 0 Å². The first-order valence-corrected chi connectivity index (χ1v) is 7.60. The predicted octanol–water partition coefficient (Wildman–Crippen LogP) is 2.32. The summed E-state index contributed by atoms with van der Waals surface area (Å²) in [5, 5.41) is 12.0. The highest BCUT2D eigenvalue weighted by Gasteiger charge is 2.20. The van der Waals surface area contributed by atoms with Gasteiger partial charge in [-0.15, -0.1) is 5.10 Å². The fourth-order valence-corrected chi connectivity index (χ4v) is 2.63. The van der Waals surface area contributed by atoms with E-state index in [2.05, 4.69) is 15.5 Å². The molecule has 1 heterocycles. The third kappa shape index (κ3) is 3.41. The molecule has 0 fully saturated rings. The van der Waals surface area contributed by atoms with Crippen molar-refractivity contribution >= 4 is 17.7 Å². The van der Waals surface area contributed by atoms with Crippen LogP contribution in [0.1, 0.15) is 25.0 Å². The van der Waals surface area contributed by atoms with E-state index in [0.717, 1.165) is 16.8 Å². The first-order chi connectivity index (χ1) is 10.0. The Hall–Kier alpha value is -1.89. The molecule has 0 aliphatic rings. The number of aryl methyl sites for hydroxylation is 1. The molecule has 1 atom stereocenters. The summed E-state index contributed by atoms with van der Waals surface area (Å²) in [6, 6.07) is 5.96. The first-order valence-electron chi connectivity index (χ1n) is 6.72. The van der Waals surface area contributed by atoms with Crippen LogP contribution in [0.2, 0.25) is 0 Å². The topological polar surface area (TPSA) is 69.9 Å². The first kappa shape index (κ1) is 15.5. The highest BCUT2D eigenvalue weighted by atomic mass is 32.2. The van der Waals surface area contributed by atoms with Crippen molar-refractivity contribution in [1.82, 2.24) is 20.2 Å². The number of carbonyl (C=O) groups is 1. The summed E-state index contributed by atoms with van der Waals surface area (Å²) in [5.41, 5.74) is 3.19. The minimum atomic E-state index is -0.361. The molecule has 0 aliphatic heterocycles. The van der Waals surface area contributed by atoms with E-state index in [1.807, 2.05) is 32.0 Å². The molecule has 21 heavy (non-hydrogen) atoms. The van der Waals surface area contributed by atoms with Crippen molar-refractivity contribution in [3.63, 3.8) is 0 Å². The smallest absolute Gasteiger partial charge is 0.319 e. The number of hydrogen-bond acceptors (Lipinski definition) is 6. The number of nitrogens with zero attached hydrogens (tertiary/aromatic N) is 4. The van der Waals surface area contributed by atoms with Crippen LogP contribution in [0.25, 0.3) is 5.69 Å². The molecule has 2 rings (SSSR count). The van der Waals surface area contributed by atoms with Gasteiger partial charge < -0.3 is 4.74 Å². The van der Waals surface area contributed by atoms with E-state index >= 15 is 0 Å². The van der Waals surface area contributed by atoms with E-state index in [1.165, 1.54) is 11.8 Å². The Labute approximate surface area is 127 Å². The molecular weight excluding hydrogens is 288 g/mol.